The van der Waals surface area contributed by atoms with Crippen LogP contribution in [-0.2, 0) is 29.0 Å². The van der Waals surface area contributed by atoms with Crippen LogP contribution in [0.1, 0.15) is 16.7 Å². The lowest BCUT2D eigenvalue weighted by molar-refractivity contribution is -0.134. The van der Waals surface area contributed by atoms with Gasteiger partial charge in [-0.15, -0.1) is 0 Å². The van der Waals surface area contributed by atoms with Gasteiger partial charge in [0.25, 0.3) is 0 Å². The summed E-state index contributed by atoms with van der Waals surface area (Å²) < 4.78 is 26.9. The average molecular weight is 454 g/mol. The molecule has 0 fully saturated rings. The molecule has 0 saturated heterocycles. The van der Waals surface area contributed by atoms with Gasteiger partial charge in [-0.3, -0.25) is 9.59 Å². The molecule has 3 aromatic rings. The van der Waals surface area contributed by atoms with E-state index in [0.29, 0.717) is 16.9 Å². The number of anilines is 1. The molecule has 1 heterocycles. The highest BCUT2D eigenvalue weighted by Gasteiger charge is 2.25. The maximum Gasteiger partial charge on any atom is 0.249 e. The Bertz CT molecular complexity index is 1090. The molecule has 2 amide bonds. The van der Waals surface area contributed by atoms with Crippen molar-refractivity contribution in [2.45, 2.75) is 31.5 Å². The molecule has 9 heteroatoms. The monoisotopic (exact) mass is 454 g/mol. The van der Waals surface area contributed by atoms with E-state index in [1.807, 2.05) is 6.07 Å². The largest absolute Gasteiger partial charge is 0.384 e. The second-order valence-electron chi connectivity index (χ2n) is 7.53. The summed E-state index contributed by atoms with van der Waals surface area (Å²) in [5.41, 5.74) is 7.29. The molecule has 5 N–H and O–H groups in total. The smallest absolute Gasteiger partial charge is 0.249 e. The minimum atomic E-state index is -1.39. The van der Waals surface area contributed by atoms with E-state index in [1.54, 1.807) is 36.4 Å². The fourth-order valence-electron chi connectivity index (χ4n) is 3.16. The Morgan fingerprint density at radius 1 is 0.909 bits per heavy atom. The van der Waals surface area contributed by atoms with Crippen molar-refractivity contribution in [2.24, 2.45) is 0 Å². The summed E-state index contributed by atoms with van der Waals surface area (Å²) in [5.74, 6) is -3.05. The van der Waals surface area contributed by atoms with Crippen LogP contribution in [0.25, 0.3) is 0 Å². The molecule has 0 radical (unpaired) electrons. The van der Waals surface area contributed by atoms with E-state index in [1.165, 1.54) is 12.3 Å². The van der Waals surface area contributed by atoms with Crippen LogP contribution in [-0.4, -0.2) is 34.1 Å². The van der Waals surface area contributed by atoms with Crippen molar-refractivity contribution in [2.75, 3.05) is 5.73 Å². The van der Waals surface area contributed by atoms with Crippen LogP contribution in [0.5, 0.6) is 0 Å². The summed E-state index contributed by atoms with van der Waals surface area (Å²) >= 11 is 0. The molecule has 0 saturated carbocycles. The number of benzene rings is 2. The zero-order valence-corrected chi connectivity index (χ0v) is 17.7. The number of nitrogens with two attached hydrogens (primary N) is 1. The number of aromatic nitrogens is 1. The van der Waals surface area contributed by atoms with Gasteiger partial charge in [-0.1, -0.05) is 42.5 Å². The number of aliphatic hydroxyl groups excluding tert-OH is 1. The Morgan fingerprint density at radius 3 is 2.30 bits per heavy atom. The second-order valence-corrected chi connectivity index (χ2v) is 7.53. The first-order chi connectivity index (χ1) is 15.8. The molecule has 33 heavy (non-hydrogen) atoms. The van der Waals surface area contributed by atoms with Gasteiger partial charge < -0.3 is 21.5 Å². The van der Waals surface area contributed by atoms with Gasteiger partial charge in [0.1, 0.15) is 18.0 Å². The number of pyridine rings is 1. The lowest BCUT2D eigenvalue weighted by Crippen LogP contribution is -2.51. The lowest BCUT2D eigenvalue weighted by Gasteiger charge is -2.21. The van der Waals surface area contributed by atoms with Gasteiger partial charge in [-0.2, -0.15) is 0 Å². The van der Waals surface area contributed by atoms with E-state index in [-0.39, 0.29) is 19.4 Å². The zero-order chi connectivity index (χ0) is 23.8. The fraction of sp³-hybridized carbons (Fsp3) is 0.208. The van der Waals surface area contributed by atoms with Crippen LogP contribution < -0.4 is 16.4 Å². The van der Waals surface area contributed by atoms with Gasteiger partial charge in [-0.05, 0) is 34.9 Å². The Hall–Kier alpha value is -3.85. The minimum absolute atomic E-state index is 0.0588. The predicted molar refractivity (Wildman–Crippen MR) is 119 cm³/mol. The summed E-state index contributed by atoms with van der Waals surface area (Å²) in [6.45, 7) is 0.114. The van der Waals surface area contributed by atoms with Crippen LogP contribution in [0, 0.1) is 11.6 Å². The van der Waals surface area contributed by atoms with Gasteiger partial charge in [0, 0.05) is 25.6 Å². The van der Waals surface area contributed by atoms with Crippen molar-refractivity contribution in [1.82, 2.24) is 15.6 Å². The van der Waals surface area contributed by atoms with E-state index in [9.17, 15) is 23.5 Å². The maximum atomic E-state index is 13.6. The quantitative estimate of drug-likeness (QED) is 0.394. The summed E-state index contributed by atoms with van der Waals surface area (Å²) in [5, 5.41) is 15.5. The van der Waals surface area contributed by atoms with Gasteiger partial charge >= 0.3 is 0 Å². The number of amides is 2. The average Bonchev–Trinajstić information content (AvgIpc) is 2.81. The number of aliphatic hydroxyl groups is 1. The molecular formula is C24H24F2N4O3. The maximum absolute atomic E-state index is 13.6. The van der Waals surface area contributed by atoms with Crippen LogP contribution in [0.15, 0.2) is 66.9 Å². The number of halogens is 2. The SMILES string of the molecule is Nc1ccc(CNC(=O)[C@H](Cc2ccc(F)c(F)c2)NC(=O)[C@H](O)Cc2ccccc2)cn1. The van der Waals surface area contributed by atoms with E-state index in [0.717, 1.165) is 17.7 Å². The third-order valence-electron chi connectivity index (χ3n) is 4.95. The Kier molecular flexibility index (Phi) is 8.04. The molecule has 0 aliphatic rings. The highest BCUT2D eigenvalue weighted by molar-refractivity contribution is 5.89. The molecule has 172 valence electrons. The molecule has 2 atom stereocenters. The van der Waals surface area contributed by atoms with Crippen molar-refractivity contribution in [3.8, 4) is 0 Å². The van der Waals surface area contributed by atoms with Crippen LogP contribution in [0.2, 0.25) is 0 Å². The standard InChI is InChI=1S/C24H24F2N4O3/c25-18-8-6-16(10-19(18)26)11-20(23(32)29-14-17-7-9-22(27)28-13-17)30-24(33)21(31)12-15-4-2-1-3-5-15/h1-10,13,20-21,31H,11-12,14H2,(H2,27,28)(H,29,32)(H,30,33)/t20-,21+/m0/s1. The van der Waals surface area contributed by atoms with Crippen LogP contribution in [0.4, 0.5) is 14.6 Å². The zero-order valence-electron chi connectivity index (χ0n) is 17.7. The number of carbonyl (C=O) groups is 2. The van der Waals surface area contributed by atoms with Gasteiger partial charge in [0.05, 0.1) is 0 Å². The highest BCUT2D eigenvalue weighted by Crippen LogP contribution is 2.12. The lowest BCUT2D eigenvalue weighted by atomic mass is 10.0. The summed E-state index contributed by atoms with van der Waals surface area (Å²) in [6.07, 6.45) is 0.0621. The van der Waals surface area contributed by atoms with Crippen molar-refractivity contribution in [3.63, 3.8) is 0 Å². The van der Waals surface area contributed by atoms with Crippen molar-refractivity contribution >= 4 is 17.6 Å². The van der Waals surface area contributed by atoms with E-state index < -0.39 is 35.6 Å². The number of hydrogen-bond acceptors (Lipinski definition) is 5. The first kappa shape index (κ1) is 23.8. The minimum Gasteiger partial charge on any atom is -0.384 e. The summed E-state index contributed by atoms with van der Waals surface area (Å²) in [6, 6.07) is 14.3. The van der Waals surface area contributed by atoms with Gasteiger partial charge in [-0.25, -0.2) is 13.8 Å². The molecule has 0 spiro atoms. The Morgan fingerprint density at radius 2 is 1.64 bits per heavy atom. The first-order valence-corrected chi connectivity index (χ1v) is 10.3. The van der Waals surface area contributed by atoms with E-state index in [4.69, 9.17) is 5.73 Å². The number of rotatable bonds is 9. The number of nitrogens with one attached hydrogen (secondary N) is 2. The van der Waals surface area contributed by atoms with Crippen molar-refractivity contribution in [3.05, 3.63) is 95.2 Å². The number of nitrogen functional groups attached to an aromatic ring is 1. The molecule has 0 unspecified atom stereocenters. The Labute approximate surface area is 189 Å². The molecular weight excluding hydrogens is 430 g/mol. The number of hydrogen-bond donors (Lipinski definition) is 4. The first-order valence-electron chi connectivity index (χ1n) is 10.3. The van der Waals surface area contributed by atoms with E-state index >= 15 is 0 Å². The van der Waals surface area contributed by atoms with Gasteiger partial charge in [0.2, 0.25) is 11.8 Å². The number of nitrogens with zero attached hydrogens (tertiary/aromatic N) is 1. The molecule has 0 bridgehead atoms. The topological polar surface area (TPSA) is 117 Å². The second kappa shape index (κ2) is 11.1. The van der Waals surface area contributed by atoms with Gasteiger partial charge in [0.15, 0.2) is 11.6 Å². The third kappa shape index (κ3) is 7.08. The molecule has 0 aliphatic heterocycles. The normalized spacial score (nSPS) is 12.6. The molecule has 2 aromatic carbocycles. The summed E-state index contributed by atoms with van der Waals surface area (Å²) in [7, 11) is 0. The fourth-order valence-corrected chi connectivity index (χ4v) is 3.16. The summed E-state index contributed by atoms with van der Waals surface area (Å²) in [4.78, 5) is 29.4. The van der Waals surface area contributed by atoms with Crippen LogP contribution >= 0.6 is 0 Å². The molecule has 7 nitrogen and oxygen atoms in total. The van der Waals surface area contributed by atoms with Crippen molar-refractivity contribution in [1.29, 1.82) is 0 Å². The van der Waals surface area contributed by atoms with Crippen molar-refractivity contribution < 1.29 is 23.5 Å². The molecule has 0 aliphatic carbocycles. The molecule has 3 rings (SSSR count). The Balaban J connectivity index is 1.70. The highest BCUT2D eigenvalue weighted by atomic mass is 19.2. The molecule has 1 aromatic heterocycles. The van der Waals surface area contributed by atoms with Crippen LogP contribution in [0.3, 0.4) is 0 Å². The third-order valence-corrected chi connectivity index (χ3v) is 4.95. The van der Waals surface area contributed by atoms with E-state index in [2.05, 4.69) is 15.6 Å². The predicted octanol–water partition coefficient (Wildman–Crippen LogP) is 1.89. The number of carbonyl (C=O) groups excluding carboxylic acids is 2.